The fourth-order valence-corrected chi connectivity index (χ4v) is 4.42. The number of aromatic nitrogens is 1. The second kappa shape index (κ2) is 5.33. The van der Waals surface area contributed by atoms with Gasteiger partial charge < -0.3 is 4.74 Å². The van der Waals surface area contributed by atoms with Crippen LogP contribution in [0.1, 0.15) is 12.8 Å². The lowest BCUT2D eigenvalue weighted by atomic mass is 9.75. The van der Waals surface area contributed by atoms with Crippen LogP contribution >= 0.6 is 11.6 Å². The summed E-state index contributed by atoms with van der Waals surface area (Å²) in [6.45, 7) is 4.15. The van der Waals surface area contributed by atoms with Crippen LogP contribution in [0.3, 0.4) is 0 Å². The van der Waals surface area contributed by atoms with Crippen LogP contribution in [0.15, 0.2) is 35.5 Å². The van der Waals surface area contributed by atoms with Gasteiger partial charge in [0.25, 0.3) is 6.02 Å². The maximum Gasteiger partial charge on any atom is 0.291 e. The molecule has 0 aliphatic carbocycles. The van der Waals surface area contributed by atoms with Gasteiger partial charge in [0, 0.05) is 29.1 Å². The summed E-state index contributed by atoms with van der Waals surface area (Å²) < 4.78 is 6.30. The van der Waals surface area contributed by atoms with Crippen molar-refractivity contribution >= 4 is 34.2 Å². The van der Waals surface area contributed by atoms with Gasteiger partial charge in [-0.1, -0.05) is 17.7 Å². The molecule has 0 amide bonds. The average molecular weight is 343 g/mol. The van der Waals surface area contributed by atoms with Crippen molar-refractivity contribution in [1.29, 1.82) is 0 Å². The molecular formula is C18H19ClN4O. The van der Waals surface area contributed by atoms with Crippen LogP contribution in [0.5, 0.6) is 0 Å². The van der Waals surface area contributed by atoms with Crippen LogP contribution in [0.4, 0.5) is 5.82 Å². The van der Waals surface area contributed by atoms with E-state index in [9.17, 15) is 0 Å². The summed E-state index contributed by atoms with van der Waals surface area (Å²) in [5.41, 5.74) is -0.122. The Balaban J connectivity index is 1.35. The highest BCUT2D eigenvalue weighted by Gasteiger charge is 2.51. The first-order chi connectivity index (χ1) is 11.7. The molecule has 5 nitrogen and oxygen atoms in total. The molecule has 1 N–H and O–H groups in total. The lowest BCUT2D eigenvalue weighted by Crippen LogP contribution is -2.61. The summed E-state index contributed by atoms with van der Waals surface area (Å²) in [4.78, 5) is 11.6. The summed E-state index contributed by atoms with van der Waals surface area (Å²) in [6.07, 6.45) is 4.26. The fourth-order valence-electron chi connectivity index (χ4n) is 4.24. The molecule has 1 aromatic carbocycles. The first-order valence-electron chi connectivity index (χ1n) is 8.48. The number of halogens is 1. The molecule has 1 aromatic heterocycles. The van der Waals surface area contributed by atoms with Crippen LogP contribution in [0.25, 0.3) is 10.8 Å². The Hall–Kier alpha value is -1.85. The quantitative estimate of drug-likeness (QED) is 0.865. The average Bonchev–Trinajstić information content (AvgIpc) is 2.98. The molecule has 5 heterocycles. The number of aliphatic imine (C=N–C) groups is 1. The maximum atomic E-state index is 6.30. The highest BCUT2D eigenvalue weighted by atomic mass is 35.5. The van der Waals surface area contributed by atoms with Gasteiger partial charge in [0.05, 0.1) is 6.54 Å². The van der Waals surface area contributed by atoms with Crippen molar-refractivity contribution in [3.63, 3.8) is 0 Å². The van der Waals surface area contributed by atoms with Crippen molar-refractivity contribution in [3.05, 3.63) is 35.5 Å². The van der Waals surface area contributed by atoms with Crippen LogP contribution in [0.2, 0.25) is 5.02 Å². The zero-order valence-electron chi connectivity index (χ0n) is 13.3. The van der Waals surface area contributed by atoms with Crippen LogP contribution in [0, 0.1) is 5.92 Å². The molecule has 0 unspecified atom stereocenters. The summed E-state index contributed by atoms with van der Waals surface area (Å²) in [5, 5.41) is 6.08. The minimum Gasteiger partial charge on any atom is -0.455 e. The Morgan fingerprint density at radius 3 is 2.88 bits per heavy atom. The van der Waals surface area contributed by atoms with Crippen molar-refractivity contribution in [2.45, 2.75) is 18.4 Å². The summed E-state index contributed by atoms with van der Waals surface area (Å²) in [5.74, 6) is 1.37. The monoisotopic (exact) mass is 342 g/mol. The SMILES string of the molecule is Clc1ccc2cc(NC3=NC[C@@]4(CN5CCC4CC5)O3)ncc2c1. The van der Waals surface area contributed by atoms with Gasteiger partial charge in [-0.25, -0.2) is 9.98 Å². The number of nitrogens with one attached hydrogen (secondary N) is 1. The van der Waals surface area contributed by atoms with E-state index >= 15 is 0 Å². The van der Waals surface area contributed by atoms with Gasteiger partial charge in [-0.2, -0.15) is 0 Å². The van der Waals surface area contributed by atoms with Crippen LogP contribution < -0.4 is 5.32 Å². The molecule has 4 aliphatic rings. The number of hydrogen-bond acceptors (Lipinski definition) is 5. The molecule has 124 valence electrons. The lowest BCUT2D eigenvalue weighted by Gasteiger charge is -2.50. The fraction of sp³-hybridized carbons (Fsp3) is 0.444. The van der Waals surface area contributed by atoms with Gasteiger partial charge in [-0.3, -0.25) is 10.2 Å². The number of amidine groups is 1. The predicted octanol–water partition coefficient (Wildman–Crippen LogP) is 3.15. The minimum absolute atomic E-state index is 0.122. The lowest BCUT2D eigenvalue weighted by molar-refractivity contribution is -0.0829. The van der Waals surface area contributed by atoms with Gasteiger partial charge in [0.1, 0.15) is 11.4 Å². The number of piperidine rings is 3. The minimum atomic E-state index is -0.122. The third-order valence-corrected chi connectivity index (χ3v) is 5.77. The molecule has 2 bridgehead atoms. The normalized spacial score (nSPS) is 31.3. The van der Waals surface area contributed by atoms with E-state index in [0.717, 1.165) is 34.7 Å². The molecule has 4 aliphatic heterocycles. The first kappa shape index (κ1) is 14.5. The van der Waals surface area contributed by atoms with E-state index in [1.54, 1.807) is 0 Å². The Morgan fingerprint density at radius 2 is 2.08 bits per heavy atom. The Bertz CT molecular complexity index is 831. The zero-order valence-corrected chi connectivity index (χ0v) is 14.1. The van der Waals surface area contributed by atoms with Gasteiger partial charge >= 0.3 is 0 Å². The van der Waals surface area contributed by atoms with Crippen molar-refractivity contribution in [2.24, 2.45) is 10.9 Å². The number of hydrogen-bond donors (Lipinski definition) is 1. The van der Waals surface area contributed by atoms with E-state index in [1.165, 1.54) is 25.9 Å². The van der Waals surface area contributed by atoms with E-state index in [1.807, 2.05) is 30.5 Å². The molecule has 0 radical (unpaired) electrons. The van der Waals surface area contributed by atoms with Crippen LogP contribution in [-0.4, -0.2) is 47.7 Å². The summed E-state index contributed by atoms with van der Waals surface area (Å²) >= 11 is 6.02. The highest BCUT2D eigenvalue weighted by molar-refractivity contribution is 6.31. The smallest absolute Gasteiger partial charge is 0.291 e. The number of nitrogens with zero attached hydrogens (tertiary/aromatic N) is 3. The van der Waals surface area contributed by atoms with Gasteiger partial charge in [0.2, 0.25) is 0 Å². The Morgan fingerprint density at radius 1 is 1.21 bits per heavy atom. The third kappa shape index (κ3) is 2.34. The Labute approximate surface area is 145 Å². The molecule has 6 rings (SSSR count). The number of pyridine rings is 1. The van der Waals surface area contributed by atoms with Gasteiger partial charge in [-0.15, -0.1) is 0 Å². The standard InChI is InChI=1S/C18H19ClN4O/c19-15-2-1-12-8-16(20-9-13(12)7-15)22-17-21-10-18(24-17)11-23-5-3-14(18)4-6-23/h1-2,7-9,14H,3-6,10-11H2,(H,20,21,22)/t18-/m0/s1. The van der Waals surface area contributed by atoms with E-state index in [-0.39, 0.29) is 5.60 Å². The maximum absolute atomic E-state index is 6.30. The molecule has 6 heteroatoms. The van der Waals surface area contributed by atoms with E-state index in [0.29, 0.717) is 11.9 Å². The van der Waals surface area contributed by atoms with Crippen molar-refractivity contribution in [2.75, 3.05) is 31.5 Å². The summed E-state index contributed by atoms with van der Waals surface area (Å²) in [6, 6.07) is 8.40. The number of fused-ring (bicyclic) bond motifs is 3. The van der Waals surface area contributed by atoms with E-state index in [4.69, 9.17) is 16.3 Å². The number of rotatable bonds is 1. The molecule has 3 saturated heterocycles. The van der Waals surface area contributed by atoms with Crippen molar-refractivity contribution < 1.29 is 4.74 Å². The first-order valence-corrected chi connectivity index (χ1v) is 8.86. The van der Waals surface area contributed by atoms with Crippen molar-refractivity contribution in [1.82, 2.24) is 9.88 Å². The zero-order chi connectivity index (χ0) is 16.1. The number of benzene rings is 1. The Kier molecular flexibility index (Phi) is 3.22. The molecular weight excluding hydrogens is 324 g/mol. The molecule has 24 heavy (non-hydrogen) atoms. The molecule has 2 aromatic rings. The highest BCUT2D eigenvalue weighted by Crippen LogP contribution is 2.40. The van der Waals surface area contributed by atoms with Gasteiger partial charge in [-0.05, 0) is 49.5 Å². The second-order valence-electron chi connectivity index (χ2n) is 7.02. The van der Waals surface area contributed by atoms with E-state index in [2.05, 4.69) is 20.2 Å². The summed E-state index contributed by atoms with van der Waals surface area (Å²) in [7, 11) is 0. The molecule has 1 atom stereocenters. The van der Waals surface area contributed by atoms with Gasteiger partial charge in [0.15, 0.2) is 0 Å². The third-order valence-electron chi connectivity index (χ3n) is 5.53. The van der Waals surface area contributed by atoms with E-state index < -0.39 is 0 Å². The topological polar surface area (TPSA) is 49.8 Å². The van der Waals surface area contributed by atoms with Crippen molar-refractivity contribution in [3.8, 4) is 0 Å². The number of anilines is 1. The molecule has 3 fully saturated rings. The molecule has 1 spiro atoms. The second-order valence-corrected chi connectivity index (χ2v) is 7.46. The largest absolute Gasteiger partial charge is 0.455 e. The predicted molar refractivity (Wildman–Crippen MR) is 95.7 cm³/mol. The van der Waals surface area contributed by atoms with Crippen LogP contribution in [-0.2, 0) is 4.74 Å². The molecule has 0 saturated carbocycles. The number of ether oxygens (including phenoxy) is 1.